The second-order valence-electron chi connectivity index (χ2n) is 1.73. The fraction of sp³-hybridized carbons (Fsp3) is 0.400. The number of cyclic esters (lactones) is 1. The summed E-state index contributed by atoms with van der Waals surface area (Å²) in [6.07, 6.45) is 0.377. The SMILES string of the molecule is CC1N/C(=C/O)C(=O)O1.[NaH]. The van der Waals surface area contributed by atoms with Gasteiger partial charge in [0.1, 0.15) is 6.26 Å². The Hall–Kier alpha value is -0.190. The van der Waals surface area contributed by atoms with Crippen LogP contribution in [0.15, 0.2) is 12.0 Å². The van der Waals surface area contributed by atoms with Crippen LogP contribution in [0.4, 0.5) is 0 Å². The molecule has 0 aromatic carbocycles. The molecule has 1 unspecified atom stereocenters. The fourth-order valence-corrected chi connectivity index (χ4v) is 0.621. The molecule has 0 aliphatic carbocycles. The first kappa shape index (κ1) is 9.81. The number of rotatable bonds is 0. The zero-order chi connectivity index (χ0) is 6.85. The third-order valence-corrected chi connectivity index (χ3v) is 0.992. The predicted octanol–water partition coefficient (Wildman–Crippen LogP) is -0.770. The minimum absolute atomic E-state index is 0. The Morgan fingerprint density at radius 2 is 2.40 bits per heavy atom. The van der Waals surface area contributed by atoms with E-state index in [0.29, 0.717) is 6.26 Å². The van der Waals surface area contributed by atoms with Gasteiger partial charge in [-0.05, 0) is 6.92 Å². The van der Waals surface area contributed by atoms with Gasteiger partial charge < -0.3 is 15.2 Å². The molecule has 1 fully saturated rings. The van der Waals surface area contributed by atoms with Gasteiger partial charge in [-0.15, -0.1) is 0 Å². The number of hydrogen-bond donors (Lipinski definition) is 2. The molecule has 0 spiro atoms. The molecule has 52 valence electrons. The van der Waals surface area contributed by atoms with Crippen LogP contribution >= 0.6 is 0 Å². The third kappa shape index (κ3) is 1.90. The second-order valence-corrected chi connectivity index (χ2v) is 1.73. The zero-order valence-corrected chi connectivity index (χ0v) is 4.92. The monoisotopic (exact) mass is 153 g/mol. The van der Waals surface area contributed by atoms with E-state index < -0.39 is 5.97 Å². The van der Waals surface area contributed by atoms with Gasteiger partial charge in [0, 0.05) is 0 Å². The number of esters is 1. The molecular weight excluding hydrogens is 145 g/mol. The molecule has 0 saturated carbocycles. The molecule has 1 saturated heterocycles. The molecule has 5 heteroatoms. The molecule has 1 aliphatic heterocycles. The van der Waals surface area contributed by atoms with Crippen LogP contribution in [-0.2, 0) is 9.53 Å². The maximum absolute atomic E-state index is 10.5. The van der Waals surface area contributed by atoms with Crippen molar-refractivity contribution in [3.8, 4) is 0 Å². The van der Waals surface area contributed by atoms with Crippen LogP contribution in [0.3, 0.4) is 0 Å². The van der Waals surface area contributed by atoms with Crippen LogP contribution in [0.5, 0.6) is 0 Å². The van der Waals surface area contributed by atoms with Gasteiger partial charge in [-0.2, -0.15) is 0 Å². The molecular formula is C5H8NNaO3. The van der Waals surface area contributed by atoms with E-state index in [9.17, 15) is 4.79 Å². The van der Waals surface area contributed by atoms with Gasteiger partial charge >= 0.3 is 35.5 Å². The normalized spacial score (nSPS) is 27.1. The number of ether oxygens (including phenoxy) is 1. The predicted molar refractivity (Wildman–Crippen MR) is 36.6 cm³/mol. The Morgan fingerprint density at radius 1 is 1.80 bits per heavy atom. The fourth-order valence-electron chi connectivity index (χ4n) is 0.621. The number of hydrogen-bond acceptors (Lipinski definition) is 4. The quantitative estimate of drug-likeness (QED) is 0.208. The van der Waals surface area contributed by atoms with Crippen molar-refractivity contribution in [1.29, 1.82) is 0 Å². The van der Waals surface area contributed by atoms with Crippen molar-refractivity contribution >= 4 is 35.5 Å². The topological polar surface area (TPSA) is 58.6 Å². The van der Waals surface area contributed by atoms with Gasteiger partial charge in [-0.3, -0.25) is 0 Å². The number of nitrogens with one attached hydrogen (secondary N) is 1. The molecule has 2 N–H and O–H groups in total. The molecule has 1 rings (SSSR count). The van der Waals surface area contributed by atoms with Crippen LogP contribution in [-0.4, -0.2) is 46.9 Å². The Bertz CT molecular complexity index is 168. The molecule has 0 radical (unpaired) electrons. The molecule has 0 amide bonds. The minimum atomic E-state index is -0.509. The van der Waals surface area contributed by atoms with Crippen molar-refractivity contribution in [2.75, 3.05) is 0 Å². The summed E-state index contributed by atoms with van der Waals surface area (Å²) in [6, 6.07) is 0. The van der Waals surface area contributed by atoms with Gasteiger partial charge in [0.05, 0.1) is 0 Å². The van der Waals surface area contributed by atoms with Crippen molar-refractivity contribution in [2.45, 2.75) is 13.2 Å². The summed E-state index contributed by atoms with van der Waals surface area (Å²) < 4.78 is 4.59. The number of carbonyl (C=O) groups excluding carboxylic acids is 1. The van der Waals surface area contributed by atoms with Crippen molar-refractivity contribution in [2.24, 2.45) is 0 Å². The van der Waals surface area contributed by atoms with E-state index in [1.54, 1.807) is 6.92 Å². The van der Waals surface area contributed by atoms with Gasteiger partial charge in [-0.25, -0.2) is 4.79 Å². The van der Waals surface area contributed by atoms with Crippen LogP contribution in [0.25, 0.3) is 0 Å². The van der Waals surface area contributed by atoms with E-state index in [0.717, 1.165) is 0 Å². The van der Waals surface area contributed by atoms with Crippen LogP contribution in [0.2, 0.25) is 0 Å². The molecule has 10 heavy (non-hydrogen) atoms. The summed E-state index contributed by atoms with van der Waals surface area (Å²) in [5.41, 5.74) is 0.113. The van der Waals surface area contributed by atoms with E-state index in [-0.39, 0.29) is 41.5 Å². The number of aliphatic hydroxyl groups excluding tert-OH is 1. The summed E-state index contributed by atoms with van der Waals surface area (Å²) in [5.74, 6) is -0.509. The molecule has 1 aliphatic rings. The summed E-state index contributed by atoms with van der Waals surface area (Å²) in [7, 11) is 0. The number of aliphatic hydroxyl groups is 1. The first-order valence-electron chi connectivity index (χ1n) is 2.56. The van der Waals surface area contributed by atoms with E-state index in [2.05, 4.69) is 10.1 Å². The molecule has 1 atom stereocenters. The van der Waals surface area contributed by atoms with Gasteiger partial charge in [0.2, 0.25) is 0 Å². The van der Waals surface area contributed by atoms with Crippen molar-refractivity contribution in [1.82, 2.24) is 5.32 Å². The Kier molecular flexibility index (Phi) is 3.78. The second kappa shape index (κ2) is 3.85. The van der Waals surface area contributed by atoms with Gasteiger partial charge in [0.15, 0.2) is 11.9 Å². The van der Waals surface area contributed by atoms with Crippen molar-refractivity contribution in [3.63, 3.8) is 0 Å². The molecule has 0 aromatic rings. The number of carbonyl (C=O) groups is 1. The standard InChI is InChI=1S/C5H7NO3.Na.H/c1-3-6-4(2-7)5(8)9-3;;/h2-3,6-7H,1H3;;/b4-2+;;. The van der Waals surface area contributed by atoms with E-state index in [1.807, 2.05) is 0 Å². The average molecular weight is 153 g/mol. The van der Waals surface area contributed by atoms with E-state index in [4.69, 9.17) is 5.11 Å². The summed E-state index contributed by atoms with van der Waals surface area (Å²) in [6.45, 7) is 1.68. The summed E-state index contributed by atoms with van der Waals surface area (Å²) in [4.78, 5) is 10.5. The Morgan fingerprint density at radius 3 is 2.60 bits per heavy atom. The van der Waals surface area contributed by atoms with Crippen LogP contribution < -0.4 is 5.32 Å². The van der Waals surface area contributed by atoms with Crippen molar-refractivity contribution in [3.05, 3.63) is 12.0 Å². The molecule has 0 aromatic heterocycles. The third-order valence-electron chi connectivity index (χ3n) is 0.992. The first-order chi connectivity index (χ1) is 4.24. The summed E-state index contributed by atoms with van der Waals surface area (Å²) in [5, 5.41) is 10.9. The van der Waals surface area contributed by atoms with Crippen LogP contribution in [0.1, 0.15) is 6.92 Å². The van der Waals surface area contributed by atoms with E-state index >= 15 is 0 Å². The van der Waals surface area contributed by atoms with Crippen molar-refractivity contribution < 1.29 is 14.6 Å². The molecule has 0 bridgehead atoms. The zero-order valence-electron chi connectivity index (χ0n) is 4.92. The Balaban J connectivity index is 0.000000810. The summed E-state index contributed by atoms with van der Waals surface area (Å²) >= 11 is 0. The van der Waals surface area contributed by atoms with Gasteiger partial charge in [0.25, 0.3) is 0 Å². The van der Waals surface area contributed by atoms with E-state index in [1.165, 1.54) is 0 Å². The van der Waals surface area contributed by atoms with Crippen LogP contribution in [0, 0.1) is 0 Å². The Labute approximate surface area is 80.5 Å². The average Bonchev–Trinajstić information content (AvgIpc) is 2.10. The maximum atomic E-state index is 10.5. The molecule has 4 nitrogen and oxygen atoms in total. The first-order valence-corrected chi connectivity index (χ1v) is 2.56. The molecule has 1 heterocycles. The van der Waals surface area contributed by atoms with Gasteiger partial charge in [-0.1, -0.05) is 0 Å².